The fourth-order valence-electron chi connectivity index (χ4n) is 2.48. The van der Waals surface area contributed by atoms with Crippen LogP contribution in [-0.4, -0.2) is 20.4 Å². The number of carbonyl (C=O) groups excluding carboxylic acids is 2. The lowest BCUT2D eigenvalue weighted by molar-refractivity contribution is -0.123. The highest BCUT2D eigenvalue weighted by molar-refractivity contribution is 7.92. The molecule has 0 aromatic heterocycles. The van der Waals surface area contributed by atoms with Crippen molar-refractivity contribution in [2.24, 2.45) is 0 Å². The molecule has 2 aromatic rings. The Labute approximate surface area is 153 Å². The van der Waals surface area contributed by atoms with Gasteiger partial charge in [0.05, 0.1) is 9.92 Å². The molecule has 26 heavy (non-hydrogen) atoms. The van der Waals surface area contributed by atoms with Crippen LogP contribution >= 0.6 is 11.6 Å². The van der Waals surface area contributed by atoms with E-state index in [0.717, 1.165) is 18.2 Å². The van der Waals surface area contributed by atoms with Crippen LogP contribution in [0.4, 0.5) is 14.9 Å². The van der Waals surface area contributed by atoms with Crippen molar-refractivity contribution in [2.45, 2.75) is 17.4 Å². The van der Waals surface area contributed by atoms with E-state index in [1.54, 1.807) is 0 Å². The quantitative estimate of drug-likeness (QED) is 0.688. The molecule has 1 saturated heterocycles. The van der Waals surface area contributed by atoms with Gasteiger partial charge in [0.25, 0.3) is 15.9 Å². The second-order valence-corrected chi connectivity index (χ2v) is 7.88. The van der Waals surface area contributed by atoms with Gasteiger partial charge in [-0.1, -0.05) is 23.7 Å². The molecule has 3 amide bonds. The zero-order valence-corrected chi connectivity index (χ0v) is 14.9. The summed E-state index contributed by atoms with van der Waals surface area (Å²) < 4.78 is 40.2. The summed E-state index contributed by atoms with van der Waals surface area (Å²) in [5.41, 5.74) is -0.532. The van der Waals surface area contributed by atoms with Crippen molar-refractivity contribution in [1.29, 1.82) is 0 Å². The molecule has 1 aliphatic rings. The SMILES string of the molecule is CC1(c2ccc(NS(=O)(=O)c3ccc(F)c(Cl)c3)cc2)NC(=O)NC1=O. The minimum absolute atomic E-state index is 0.192. The number of imide groups is 1. The van der Waals surface area contributed by atoms with E-state index in [1.807, 2.05) is 0 Å². The summed E-state index contributed by atoms with van der Waals surface area (Å²) in [6, 6.07) is 8.38. The van der Waals surface area contributed by atoms with Crippen molar-refractivity contribution in [3.05, 3.63) is 58.9 Å². The van der Waals surface area contributed by atoms with Gasteiger partial charge in [0.1, 0.15) is 11.4 Å². The predicted octanol–water partition coefficient (Wildman–Crippen LogP) is 2.33. The van der Waals surface area contributed by atoms with Crippen molar-refractivity contribution in [1.82, 2.24) is 10.6 Å². The fraction of sp³-hybridized carbons (Fsp3) is 0.125. The van der Waals surface area contributed by atoms with Crippen LogP contribution in [-0.2, 0) is 20.4 Å². The molecule has 1 heterocycles. The minimum atomic E-state index is -3.97. The molecule has 7 nitrogen and oxygen atoms in total. The number of urea groups is 1. The zero-order valence-electron chi connectivity index (χ0n) is 13.3. The fourth-order valence-corrected chi connectivity index (χ4v) is 3.81. The van der Waals surface area contributed by atoms with Crippen molar-refractivity contribution < 1.29 is 22.4 Å². The Bertz CT molecular complexity index is 1010. The average Bonchev–Trinajstić information content (AvgIpc) is 2.83. The minimum Gasteiger partial charge on any atom is -0.320 e. The lowest BCUT2D eigenvalue weighted by Gasteiger charge is -2.21. The molecule has 1 fully saturated rings. The molecule has 10 heteroatoms. The molecular formula is C16H13ClFN3O4S. The maximum Gasteiger partial charge on any atom is 0.322 e. The molecule has 0 spiro atoms. The third-order valence-electron chi connectivity index (χ3n) is 3.96. The summed E-state index contributed by atoms with van der Waals surface area (Å²) in [5.74, 6) is -1.23. The van der Waals surface area contributed by atoms with E-state index in [1.165, 1.54) is 31.2 Å². The van der Waals surface area contributed by atoms with E-state index in [-0.39, 0.29) is 15.6 Å². The lowest BCUT2D eigenvalue weighted by atomic mass is 9.92. The Kier molecular flexibility index (Phi) is 4.37. The molecule has 0 saturated carbocycles. The van der Waals surface area contributed by atoms with Crippen LogP contribution < -0.4 is 15.4 Å². The largest absolute Gasteiger partial charge is 0.322 e. The monoisotopic (exact) mass is 397 g/mol. The van der Waals surface area contributed by atoms with Crippen LogP contribution in [0.2, 0.25) is 5.02 Å². The van der Waals surface area contributed by atoms with Gasteiger partial charge >= 0.3 is 6.03 Å². The summed E-state index contributed by atoms with van der Waals surface area (Å²) in [7, 11) is -3.97. The number of sulfonamides is 1. The van der Waals surface area contributed by atoms with Crippen LogP contribution in [0.5, 0.6) is 0 Å². The average molecular weight is 398 g/mol. The Balaban J connectivity index is 1.84. The first kappa shape index (κ1) is 18.2. The van der Waals surface area contributed by atoms with Gasteiger partial charge < -0.3 is 5.32 Å². The van der Waals surface area contributed by atoms with Gasteiger partial charge in [-0.15, -0.1) is 0 Å². The van der Waals surface area contributed by atoms with Crippen molar-refractivity contribution in [3.8, 4) is 0 Å². The maximum atomic E-state index is 13.2. The van der Waals surface area contributed by atoms with Crippen LogP contribution in [0.1, 0.15) is 12.5 Å². The number of carbonyl (C=O) groups is 2. The van der Waals surface area contributed by atoms with Crippen LogP contribution in [0.3, 0.4) is 0 Å². The Morgan fingerprint density at radius 3 is 2.31 bits per heavy atom. The summed E-state index contributed by atoms with van der Waals surface area (Å²) in [6.45, 7) is 1.53. The highest BCUT2D eigenvalue weighted by Gasteiger charge is 2.43. The number of amides is 3. The van der Waals surface area contributed by atoms with Gasteiger partial charge in [0.2, 0.25) is 0 Å². The van der Waals surface area contributed by atoms with Gasteiger partial charge in [0.15, 0.2) is 0 Å². The molecule has 1 unspecified atom stereocenters. The first-order valence-electron chi connectivity index (χ1n) is 7.34. The number of nitrogens with one attached hydrogen (secondary N) is 3. The van der Waals surface area contributed by atoms with Crippen molar-refractivity contribution in [2.75, 3.05) is 4.72 Å². The molecule has 1 aliphatic heterocycles. The second-order valence-electron chi connectivity index (χ2n) is 5.79. The lowest BCUT2D eigenvalue weighted by Crippen LogP contribution is -2.40. The zero-order chi connectivity index (χ0) is 19.1. The number of halogens is 2. The van der Waals surface area contributed by atoms with Gasteiger partial charge in [-0.25, -0.2) is 17.6 Å². The molecule has 3 N–H and O–H groups in total. The number of anilines is 1. The molecule has 2 aromatic carbocycles. The van der Waals surface area contributed by atoms with Gasteiger partial charge in [-0.2, -0.15) is 0 Å². The van der Waals surface area contributed by atoms with Crippen LogP contribution in [0.25, 0.3) is 0 Å². The van der Waals surface area contributed by atoms with Gasteiger partial charge in [-0.3, -0.25) is 14.8 Å². The van der Waals surface area contributed by atoms with E-state index in [9.17, 15) is 22.4 Å². The highest BCUT2D eigenvalue weighted by Crippen LogP contribution is 2.27. The Morgan fingerprint density at radius 1 is 1.12 bits per heavy atom. The maximum absolute atomic E-state index is 13.2. The van der Waals surface area contributed by atoms with E-state index in [2.05, 4.69) is 15.4 Å². The summed E-state index contributed by atoms with van der Waals surface area (Å²) >= 11 is 5.62. The molecule has 0 bridgehead atoms. The van der Waals surface area contributed by atoms with E-state index < -0.39 is 33.3 Å². The van der Waals surface area contributed by atoms with E-state index in [4.69, 9.17) is 11.6 Å². The standard InChI is InChI=1S/C16H13ClFN3O4S/c1-16(14(22)19-15(23)20-16)9-2-4-10(5-3-9)21-26(24,25)11-6-7-13(18)12(17)8-11/h2-8,21H,1H3,(H2,19,20,22,23). The number of hydrogen-bond acceptors (Lipinski definition) is 4. The van der Waals surface area contributed by atoms with Crippen LogP contribution in [0, 0.1) is 5.82 Å². The van der Waals surface area contributed by atoms with Gasteiger partial charge in [0, 0.05) is 5.69 Å². The first-order chi connectivity index (χ1) is 12.1. The number of hydrogen-bond donors (Lipinski definition) is 3. The van der Waals surface area contributed by atoms with Crippen LogP contribution in [0.15, 0.2) is 47.4 Å². The molecule has 3 rings (SSSR count). The van der Waals surface area contributed by atoms with Crippen molar-refractivity contribution >= 4 is 39.2 Å². The van der Waals surface area contributed by atoms with Gasteiger partial charge in [-0.05, 0) is 42.8 Å². The Morgan fingerprint density at radius 2 is 1.77 bits per heavy atom. The summed E-state index contributed by atoms with van der Waals surface area (Å²) in [4.78, 5) is 23.1. The molecule has 136 valence electrons. The molecule has 0 radical (unpaired) electrons. The van der Waals surface area contributed by atoms with E-state index in [0.29, 0.717) is 5.56 Å². The topological polar surface area (TPSA) is 104 Å². The summed E-state index contributed by atoms with van der Waals surface area (Å²) in [5, 5.41) is 4.35. The highest BCUT2D eigenvalue weighted by atomic mass is 35.5. The third kappa shape index (κ3) is 3.23. The predicted molar refractivity (Wildman–Crippen MR) is 92.7 cm³/mol. The normalized spacial score (nSPS) is 19.8. The molecule has 0 aliphatic carbocycles. The first-order valence-corrected chi connectivity index (χ1v) is 9.20. The van der Waals surface area contributed by atoms with E-state index >= 15 is 0 Å². The number of benzene rings is 2. The number of rotatable bonds is 4. The second kappa shape index (κ2) is 6.26. The molecule has 1 atom stereocenters. The third-order valence-corrected chi connectivity index (χ3v) is 5.63. The Hall–Kier alpha value is -2.65. The summed E-state index contributed by atoms with van der Waals surface area (Å²) in [6.07, 6.45) is 0. The smallest absolute Gasteiger partial charge is 0.320 e. The van der Waals surface area contributed by atoms with Crippen molar-refractivity contribution in [3.63, 3.8) is 0 Å². The molecular weight excluding hydrogens is 385 g/mol.